The molecule has 0 saturated heterocycles. The van der Waals surface area contributed by atoms with Gasteiger partial charge in [-0.3, -0.25) is 14.5 Å². The van der Waals surface area contributed by atoms with Gasteiger partial charge in [0, 0.05) is 38.2 Å². The number of rotatable bonds is 9. The quantitative estimate of drug-likeness (QED) is 0.335. The first-order chi connectivity index (χ1) is 14.7. The molecule has 1 aliphatic rings. The second kappa shape index (κ2) is 12.0. The summed E-state index contributed by atoms with van der Waals surface area (Å²) in [6, 6.07) is 9.65. The minimum absolute atomic E-state index is 0.0979. The summed E-state index contributed by atoms with van der Waals surface area (Å²) in [5.74, 6) is 1.63. The molecule has 1 fully saturated rings. The predicted octanol–water partition coefficient (Wildman–Crippen LogP) is 3.55. The predicted molar refractivity (Wildman–Crippen MR) is 121 cm³/mol. The standard InChI is InChI=1S/C23H34N6O/c1-24-23(25-13-6-11-19-8-3-2-4-9-19)26-17-20-10-5-12-21(16-20)28-22(30)18-29-15-7-14-27-29/h5,7,10,12,14-16,19H,2-4,6,8-9,11,13,17-18H2,1H3,(H,28,30)(H2,24,25,26). The lowest BCUT2D eigenvalue weighted by Gasteiger charge is -2.21. The van der Waals surface area contributed by atoms with E-state index in [1.165, 1.54) is 44.9 Å². The molecule has 1 aromatic carbocycles. The molecule has 1 aliphatic carbocycles. The molecule has 0 atom stereocenters. The second-order valence-electron chi connectivity index (χ2n) is 7.95. The summed E-state index contributed by atoms with van der Waals surface area (Å²) in [5, 5.41) is 13.7. The Labute approximate surface area is 179 Å². The summed E-state index contributed by atoms with van der Waals surface area (Å²) in [6.45, 7) is 1.79. The van der Waals surface area contributed by atoms with Crippen LogP contribution in [0.25, 0.3) is 0 Å². The van der Waals surface area contributed by atoms with E-state index in [2.05, 4.69) is 26.0 Å². The van der Waals surface area contributed by atoms with Crippen molar-refractivity contribution in [1.29, 1.82) is 0 Å². The van der Waals surface area contributed by atoms with Crippen LogP contribution >= 0.6 is 0 Å². The van der Waals surface area contributed by atoms with Gasteiger partial charge in [0.25, 0.3) is 0 Å². The molecule has 0 radical (unpaired) electrons. The summed E-state index contributed by atoms with van der Waals surface area (Å²) in [7, 11) is 1.79. The van der Waals surface area contributed by atoms with Gasteiger partial charge in [0.15, 0.2) is 5.96 Å². The van der Waals surface area contributed by atoms with Gasteiger partial charge < -0.3 is 16.0 Å². The van der Waals surface area contributed by atoms with E-state index in [9.17, 15) is 4.79 Å². The minimum atomic E-state index is -0.0979. The van der Waals surface area contributed by atoms with Crippen molar-refractivity contribution in [3.05, 3.63) is 48.3 Å². The molecule has 1 aromatic heterocycles. The van der Waals surface area contributed by atoms with Crippen molar-refractivity contribution in [1.82, 2.24) is 20.4 Å². The number of aliphatic imine (C=N–C) groups is 1. The van der Waals surface area contributed by atoms with Gasteiger partial charge in [-0.2, -0.15) is 5.10 Å². The van der Waals surface area contributed by atoms with Crippen molar-refractivity contribution in [2.45, 2.75) is 58.0 Å². The molecule has 0 spiro atoms. The fourth-order valence-electron chi connectivity index (χ4n) is 3.98. The molecule has 3 rings (SSSR count). The number of hydrogen-bond donors (Lipinski definition) is 3. The summed E-state index contributed by atoms with van der Waals surface area (Å²) in [6.07, 6.45) is 13.0. The lowest BCUT2D eigenvalue weighted by molar-refractivity contribution is -0.116. The van der Waals surface area contributed by atoms with Crippen LogP contribution in [-0.4, -0.2) is 35.2 Å². The van der Waals surface area contributed by atoms with E-state index in [0.29, 0.717) is 6.54 Å². The van der Waals surface area contributed by atoms with E-state index in [1.54, 1.807) is 30.2 Å². The second-order valence-corrected chi connectivity index (χ2v) is 7.95. The monoisotopic (exact) mass is 410 g/mol. The lowest BCUT2D eigenvalue weighted by Crippen LogP contribution is -2.37. The van der Waals surface area contributed by atoms with Gasteiger partial charge in [0.2, 0.25) is 5.91 Å². The lowest BCUT2D eigenvalue weighted by atomic mass is 9.86. The molecule has 7 nitrogen and oxygen atoms in total. The summed E-state index contributed by atoms with van der Waals surface area (Å²) < 4.78 is 1.60. The molecule has 30 heavy (non-hydrogen) atoms. The van der Waals surface area contributed by atoms with Crippen LogP contribution < -0.4 is 16.0 Å². The maximum absolute atomic E-state index is 12.1. The van der Waals surface area contributed by atoms with E-state index < -0.39 is 0 Å². The third-order valence-corrected chi connectivity index (χ3v) is 5.57. The van der Waals surface area contributed by atoms with E-state index in [1.807, 2.05) is 24.3 Å². The molecular formula is C23H34N6O. The van der Waals surface area contributed by atoms with E-state index in [0.717, 1.165) is 29.7 Å². The van der Waals surface area contributed by atoms with Crippen LogP contribution in [0, 0.1) is 5.92 Å². The number of nitrogens with one attached hydrogen (secondary N) is 3. The van der Waals surface area contributed by atoms with Gasteiger partial charge in [-0.1, -0.05) is 44.2 Å². The van der Waals surface area contributed by atoms with Crippen LogP contribution in [0.3, 0.4) is 0 Å². The minimum Gasteiger partial charge on any atom is -0.356 e. The molecular weight excluding hydrogens is 376 g/mol. The highest BCUT2D eigenvalue weighted by atomic mass is 16.2. The van der Waals surface area contributed by atoms with Crippen LogP contribution in [0.15, 0.2) is 47.7 Å². The van der Waals surface area contributed by atoms with E-state index in [-0.39, 0.29) is 12.5 Å². The average Bonchev–Trinajstić information content (AvgIpc) is 3.27. The molecule has 1 saturated carbocycles. The van der Waals surface area contributed by atoms with Gasteiger partial charge >= 0.3 is 0 Å². The van der Waals surface area contributed by atoms with E-state index >= 15 is 0 Å². The number of benzene rings is 1. The maximum atomic E-state index is 12.1. The molecule has 162 valence electrons. The maximum Gasteiger partial charge on any atom is 0.246 e. The Bertz CT molecular complexity index is 796. The average molecular weight is 411 g/mol. The smallest absolute Gasteiger partial charge is 0.246 e. The highest BCUT2D eigenvalue weighted by molar-refractivity contribution is 5.90. The van der Waals surface area contributed by atoms with E-state index in [4.69, 9.17) is 0 Å². The van der Waals surface area contributed by atoms with Gasteiger partial charge in [0.1, 0.15) is 6.54 Å². The summed E-state index contributed by atoms with van der Waals surface area (Å²) in [5.41, 5.74) is 1.86. The number of guanidine groups is 1. The number of hydrogen-bond acceptors (Lipinski definition) is 3. The van der Waals surface area contributed by atoms with Gasteiger partial charge in [-0.25, -0.2) is 0 Å². The van der Waals surface area contributed by atoms with Gasteiger partial charge in [-0.15, -0.1) is 0 Å². The molecule has 0 aliphatic heterocycles. The largest absolute Gasteiger partial charge is 0.356 e. The Morgan fingerprint density at radius 3 is 2.83 bits per heavy atom. The van der Waals surface area contributed by atoms with Gasteiger partial charge in [0.05, 0.1) is 0 Å². The number of carbonyl (C=O) groups is 1. The molecule has 0 unspecified atom stereocenters. The number of carbonyl (C=O) groups excluding carboxylic acids is 1. The Kier molecular flexibility index (Phi) is 8.75. The Balaban J connectivity index is 1.38. The Morgan fingerprint density at radius 2 is 2.07 bits per heavy atom. The number of amides is 1. The zero-order chi connectivity index (χ0) is 21.0. The third-order valence-electron chi connectivity index (χ3n) is 5.57. The Hall–Kier alpha value is -2.83. The fraction of sp³-hybridized carbons (Fsp3) is 0.522. The first-order valence-corrected chi connectivity index (χ1v) is 11.0. The van der Waals surface area contributed by atoms with Crippen molar-refractivity contribution in [2.24, 2.45) is 10.9 Å². The van der Waals surface area contributed by atoms with Gasteiger partial charge in [-0.05, 0) is 42.5 Å². The van der Waals surface area contributed by atoms with Crippen molar-refractivity contribution in [3.8, 4) is 0 Å². The van der Waals surface area contributed by atoms with Crippen LogP contribution in [0.1, 0.15) is 50.5 Å². The molecule has 3 N–H and O–H groups in total. The number of nitrogens with zero attached hydrogens (tertiary/aromatic N) is 3. The van der Waals surface area contributed by atoms with Crippen molar-refractivity contribution in [2.75, 3.05) is 18.9 Å². The molecule has 1 heterocycles. The molecule has 2 aromatic rings. The third kappa shape index (κ3) is 7.54. The van der Waals surface area contributed by atoms with Crippen molar-refractivity contribution < 1.29 is 4.79 Å². The summed E-state index contributed by atoms with van der Waals surface area (Å²) >= 11 is 0. The zero-order valence-electron chi connectivity index (χ0n) is 17.9. The highest BCUT2D eigenvalue weighted by Gasteiger charge is 2.12. The molecule has 7 heteroatoms. The van der Waals surface area contributed by atoms with Crippen LogP contribution in [-0.2, 0) is 17.9 Å². The molecule has 0 bridgehead atoms. The topological polar surface area (TPSA) is 83.3 Å². The fourth-order valence-corrected chi connectivity index (χ4v) is 3.98. The Morgan fingerprint density at radius 1 is 1.20 bits per heavy atom. The molecule has 1 amide bonds. The number of aromatic nitrogens is 2. The van der Waals surface area contributed by atoms with Crippen molar-refractivity contribution in [3.63, 3.8) is 0 Å². The first kappa shape index (κ1) is 21.9. The number of anilines is 1. The SMILES string of the molecule is CN=C(NCCCC1CCCCC1)NCc1cccc(NC(=O)Cn2cccn2)c1. The summed E-state index contributed by atoms with van der Waals surface area (Å²) in [4.78, 5) is 16.5. The van der Waals surface area contributed by atoms with Crippen molar-refractivity contribution >= 4 is 17.6 Å². The zero-order valence-corrected chi connectivity index (χ0v) is 17.9. The van der Waals surface area contributed by atoms with Crippen LogP contribution in [0.4, 0.5) is 5.69 Å². The highest BCUT2D eigenvalue weighted by Crippen LogP contribution is 2.26. The van der Waals surface area contributed by atoms with Crippen LogP contribution in [0.2, 0.25) is 0 Å². The first-order valence-electron chi connectivity index (χ1n) is 11.0. The van der Waals surface area contributed by atoms with Crippen LogP contribution in [0.5, 0.6) is 0 Å². The normalized spacial score (nSPS) is 15.0.